The average Bonchev–Trinajstić information content (AvgIpc) is 3.14. The van der Waals surface area contributed by atoms with Gasteiger partial charge in [-0.05, 0) is 37.3 Å². The molecule has 0 spiro atoms. The molecule has 0 unspecified atom stereocenters. The van der Waals surface area contributed by atoms with Crippen molar-refractivity contribution in [2.45, 2.75) is 13.6 Å². The van der Waals surface area contributed by atoms with E-state index in [4.69, 9.17) is 21.7 Å². The van der Waals surface area contributed by atoms with Crippen LogP contribution in [0.1, 0.15) is 6.92 Å². The Morgan fingerprint density at radius 2 is 1.91 bits per heavy atom. The summed E-state index contributed by atoms with van der Waals surface area (Å²) in [7, 11) is 1.59. The molecule has 0 atom stereocenters. The van der Waals surface area contributed by atoms with Crippen LogP contribution in [0.5, 0.6) is 11.6 Å². The Labute approximate surface area is 208 Å². The summed E-state index contributed by atoms with van der Waals surface area (Å²) in [6, 6.07) is 14.9. The number of thiocarbonyl (C=S) groups is 1. The van der Waals surface area contributed by atoms with Gasteiger partial charge in [0.2, 0.25) is 11.0 Å². The highest BCUT2D eigenvalue weighted by molar-refractivity contribution is 7.80. The van der Waals surface area contributed by atoms with Gasteiger partial charge in [-0.2, -0.15) is 0 Å². The molecule has 4 rings (SSSR count). The van der Waals surface area contributed by atoms with Crippen LogP contribution in [0.2, 0.25) is 0 Å². The summed E-state index contributed by atoms with van der Waals surface area (Å²) in [4.78, 5) is 15.8. The highest BCUT2D eigenvalue weighted by atomic mass is 32.1. The molecule has 10 nitrogen and oxygen atoms in total. The first kappa shape index (κ1) is 24.4. The Hall–Kier alpha value is -3.70. The number of azo groups is 1. The van der Waals surface area contributed by atoms with E-state index in [-0.39, 0.29) is 17.1 Å². The molecular formula is C24H28N6O4S. The van der Waals surface area contributed by atoms with Gasteiger partial charge in [0.15, 0.2) is 5.69 Å². The van der Waals surface area contributed by atoms with Gasteiger partial charge in [0.25, 0.3) is 0 Å². The zero-order chi connectivity index (χ0) is 24.8. The Kier molecular flexibility index (Phi) is 7.78. The maximum atomic E-state index is 12.0. The van der Waals surface area contributed by atoms with Gasteiger partial charge < -0.3 is 24.8 Å². The van der Waals surface area contributed by atoms with Crippen molar-refractivity contribution in [1.82, 2.24) is 14.4 Å². The predicted octanol–water partition coefficient (Wildman–Crippen LogP) is 4.57. The van der Waals surface area contributed by atoms with E-state index in [1.54, 1.807) is 29.6 Å². The van der Waals surface area contributed by atoms with E-state index in [0.29, 0.717) is 50.9 Å². The van der Waals surface area contributed by atoms with Crippen LogP contribution in [-0.2, 0) is 11.4 Å². The summed E-state index contributed by atoms with van der Waals surface area (Å²) < 4.78 is 12.1. The molecule has 3 aromatic rings. The SMILES string of the molecule is CCOC(=O)N1CCN(Cn2c(O)c(N=NC(=S)Nc3cccc(OC)c3)c3ccccc32)CC1. The minimum atomic E-state index is -0.289. The average molecular weight is 497 g/mol. The summed E-state index contributed by atoms with van der Waals surface area (Å²) in [6.45, 7) is 5.06. The Bertz CT molecular complexity index is 1240. The van der Waals surface area contributed by atoms with Crippen molar-refractivity contribution >= 4 is 45.7 Å². The predicted molar refractivity (Wildman–Crippen MR) is 138 cm³/mol. The molecule has 2 aromatic carbocycles. The van der Waals surface area contributed by atoms with Crippen LogP contribution in [0, 0.1) is 0 Å². The molecule has 184 valence electrons. The fourth-order valence-electron chi connectivity index (χ4n) is 3.94. The number of amides is 1. The van der Waals surface area contributed by atoms with Gasteiger partial charge >= 0.3 is 6.09 Å². The molecule has 0 saturated carbocycles. The lowest BCUT2D eigenvalue weighted by atomic mass is 10.2. The van der Waals surface area contributed by atoms with Crippen molar-refractivity contribution in [2.24, 2.45) is 10.2 Å². The van der Waals surface area contributed by atoms with Gasteiger partial charge in [-0.1, -0.05) is 24.3 Å². The van der Waals surface area contributed by atoms with E-state index in [2.05, 4.69) is 20.4 Å². The van der Waals surface area contributed by atoms with E-state index in [1.807, 2.05) is 42.5 Å². The zero-order valence-corrected chi connectivity index (χ0v) is 20.5. The van der Waals surface area contributed by atoms with Gasteiger partial charge in [0.1, 0.15) is 5.75 Å². The molecule has 1 fully saturated rings. The van der Waals surface area contributed by atoms with E-state index >= 15 is 0 Å². The first-order chi connectivity index (χ1) is 17.0. The molecule has 1 saturated heterocycles. The van der Waals surface area contributed by atoms with Crippen LogP contribution in [0.3, 0.4) is 0 Å². The number of fused-ring (bicyclic) bond motifs is 1. The molecule has 0 radical (unpaired) electrons. The number of piperazine rings is 1. The lowest BCUT2D eigenvalue weighted by Gasteiger charge is -2.34. The zero-order valence-electron chi connectivity index (χ0n) is 19.7. The monoisotopic (exact) mass is 496 g/mol. The van der Waals surface area contributed by atoms with E-state index in [0.717, 1.165) is 16.6 Å². The second kappa shape index (κ2) is 11.2. The van der Waals surface area contributed by atoms with Gasteiger partial charge in [-0.3, -0.25) is 9.47 Å². The van der Waals surface area contributed by atoms with Crippen molar-refractivity contribution in [3.05, 3.63) is 48.5 Å². The van der Waals surface area contributed by atoms with Gasteiger partial charge in [0.05, 0.1) is 25.9 Å². The maximum absolute atomic E-state index is 12.0. The van der Waals surface area contributed by atoms with Crippen LogP contribution in [0.15, 0.2) is 58.8 Å². The van der Waals surface area contributed by atoms with Crippen LogP contribution < -0.4 is 10.1 Å². The number of anilines is 1. The molecule has 2 heterocycles. The number of hydrogen-bond acceptors (Lipinski definition) is 7. The number of carbonyl (C=O) groups excluding carboxylic acids is 1. The van der Waals surface area contributed by atoms with E-state index in [9.17, 15) is 9.90 Å². The summed E-state index contributed by atoms with van der Waals surface area (Å²) in [5, 5.41) is 23.4. The van der Waals surface area contributed by atoms with Crippen molar-refractivity contribution in [2.75, 3.05) is 45.2 Å². The summed E-state index contributed by atoms with van der Waals surface area (Å²) >= 11 is 5.32. The largest absolute Gasteiger partial charge is 0.497 e. The van der Waals surface area contributed by atoms with Crippen molar-refractivity contribution < 1.29 is 19.4 Å². The highest BCUT2D eigenvalue weighted by Gasteiger charge is 2.24. The molecular weight excluding hydrogens is 468 g/mol. The summed E-state index contributed by atoms with van der Waals surface area (Å²) in [5.41, 5.74) is 1.90. The summed E-state index contributed by atoms with van der Waals surface area (Å²) in [5.74, 6) is 0.700. The second-order valence-electron chi connectivity index (χ2n) is 7.92. The maximum Gasteiger partial charge on any atom is 0.409 e. The molecule has 1 aliphatic heterocycles. The normalized spacial score (nSPS) is 14.4. The second-order valence-corrected chi connectivity index (χ2v) is 8.31. The number of nitrogens with one attached hydrogen (secondary N) is 1. The number of aromatic hydroxyl groups is 1. The Balaban J connectivity index is 1.49. The molecule has 0 aliphatic carbocycles. The molecule has 0 bridgehead atoms. The molecule has 1 amide bonds. The van der Waals surface area contributed by atoms with Crippen molar-refractivity contribution in [1.29, 1.82) is 0 Å². The molecule has 11 heteroatoms. The number of rotatable bonds is 6. The number of ether oxygens (including phenoxy) is 2. The number of para-hydroxylation sites is 1. The van der Waals surface area contributed by atoms with Crippen molar-refractivity contribution in [3.63, 3.8) is 0 Å². The molecule has 2 N–H and O–H groups in total. The number of nitrogens with zero attached hydrogens (tertiary/aromatic N) is 5. The van der Waals surface area contributed by atoms with Crippen LogP contribution >= 0.6 is 12.2 Å². The van der Waals surface area contributed by atoms with Gasteiger partial charge in [-0.15, -0.1) is 10.2 Å². The number of hydrogen-bond donors (Lipinski definition) is 2. The minimum Gasteiger partial charge on any atom is -0.497 e. The third-order valence-electron chi connectivity index (χ3n) is 5.72. The number of carbonyl (C=O) groups is 1. The number of methoxy groups -OCH3 is 1. The van der Waals surface area contributed by atoms with Crippen molar-refractivity contribution in [3.8, 4) is 11.6 Å². The topological polar surface area (TPSA) is 104 Å². The van der Waals surface area contributed by atoms with E-state index < -0.39 is 0 Å². The third-order valence-corrected chi connectivity index (χ3v) is 5.90. The first-order valence-corrected chi connectivity index (χ1v) is 11.7. The molecule has 1 aromatic heterocycles. The van der Waals surface area contributed by atoms with Crippen LogP contribution in [-0.4, -0.2) is 70.6 Å². The standard InChI is InChI=1S/C24H28N6O4S/c1-3-34-24(32)29-13-11-28(12-14-29)16-30-20-10-5-4-9-19(20)21(22(30)31)26-27-23(35)25-17-7-6-8-18(15-17)33-2/h4-10,15,31H,3,11-14,16H2,1-2H3,(H,25,35). The smallest absolute Gasteiger partial charge is 0.409 e. The highest BCUT2D eigenvalue weighted by Crippen LogP contribution is 2.39. The lowest BCUT2D eigenvalue weighted by Crippen LogP contribution is -2.49. The quantitative estimate of drug-likeness (QED) is 0.381. The first-order valence-electron chi connectivity index (χ1n) is 11.3. The van der Waals surface area contributed by atoms with Crippen LogP contribution in [0.25, 0.3) is 10.9 Å². The minimum absolute atomic E-state index is 0.00644. The van der Waals surface area contributed by atoms with Gasteiger partial charge in [0, 0.05) is 43.3 Å². The third kappa shape index (κ3) is 5.69. The number of benzene rings is 2. The fraction of sp³-hybridized carbons (Fsp3) is 0.333. The van der Waals surface area contributed by atoms with Gasteiger partial charge in [-0.25, -0.2) is 4.79 Å². The number of aromatic nitrogens is 1. The van der Waals surface area contributed by atoms with Crippen LogP contribution in [0.4, 0.5) is 16.2 Å². The molecule has 35 heavy (non-hydrogen) atoms. The fourth-order valence-corrected chi connectivity index (χ4v) is 4.10. The van der Waals surface area contributed by atoms with E-state index in [1.165, 1.54) is 0 Å². The summed E-state index contributed by atoms with van der Waals surface area (Å²) in [6.07, 6.45) is -0.289. The lowest BCUT2D eigenvalue weighted by molar-refractivity contribution is 0.0705. The molecule has 1 aliphatic rings. The Morgan fingerprint density at radius 1 is 1.14 bits per heavy atom. The Morgan fingerprint density at radius 3 is 2.66 bits per heavy atom.